The van der Waals surface area contributed by atoms with E-state index >= 15 is 0 Å². The molecular weight excluding hydrogens is 196 g/mol. The quantitative estimate of drug-likeness (QED) is 0.595. The molecule has 84 valence electrons. The Balaban J connectivity index is 2.31. The minimum absolute atomic E-state index is 0.155. The highest BCUT2D eigenvalue weighted by Crippen LogP contribution is 2.30. The van der Waals surface area contributed by atoms with Crippen LogP contribution < -0.4 is 5.32 Å². The van der Waals surface area contributed by atoms with Gasteiger partial charge in [-0.2, -0.15) is 0 Å². The third kappa shape index (κ3) is 1.42. The first-order valence-corrected chi connectivity index (χ1v) is 5.11. The lowest BCUT2D eigenvalue weighted by Gasteiger charge is -2.29. The van der Waals surface area contributed by atoms with E-state index in [0.717, 1.165) is 0 Å². The Bertz CT molecular complexity index is 313. The number of urea groups is 1. The molecule has 5 heteroatoms. The van der Waals surface area contributed by atoms with Gasteiger partial charge in [-0.25, -0.2) is 4.79 Å². The molecule has 2 aliphatic heterocycles. The molecule has 0 unspecified atom stereocenters. The lowest BCUT2D eigenvalue weighted by Crippen LogP contribution is -2.50. The van der Waals surface area contributed by atoms with Crippen LogP contribution in [0, 0.1) is 0 Å². The van der Waals surface area contributed by atoms with E-state index in [1.165, 1.54) is 4.90 Å². The van der Waals surface area contributed by atoms with Gasteiger partial charge < -0.3 is 10.1 Å². The van der Waals surface area contributed by atoms with Crippen LogP contribution >= 0.6 is 0 Å². The van der Waals surface area contributed by atoms with E-state index in [0.29, 0.717) is 19.6 Å². The number of carbonyl (C=O) groups excluding carboxylic acids is 2. The Kier molecular flexibility index (Phi) is 2.05. The predicted octanol–water partition coefficient (Wildman–Crippen LogP) is 0.496. The molecule has 0 aliphatic carbocycles. The van der Waals surface area contributed by atoms with E-state index in [9.17, 15) is 9.59 Å². The Morgan fingerprint density at radius 1 is 1.40 bits per heavy atom. The van der Waals surface area contributed by atoms with Gasteiger partial charge in [-0.15, -0.1) is 0 Å². The smallest absolute Gasteiger partial charge is 0.325 e. The van der Waals surface area contributed by atoms with E-state index in [1.54, 1.807) is 0 Å². The summed E-state index contributed by atoms with van der Waals surface area (Å²) in [5.41, 5.74) is -1.27. The van der Waals surface area contributed by atoms with Gasteiger partial charge in [-0.05, 0) is 20.8 Å². The molecule has 0 aromatic heterocycles. The van der Waals surface area contributed by atoms with Crippen LogP contribution in [-0.2, 0) is 9.53 Å². The van der Waals surface area contributed by atoms with Crippen molar-refractivity contribution in [3.05, 3.63) is 0 Å². The summed E-state index contributed by atoms with van der Waals surface area (Å²) in [6.45, 7) is 6.37. The molecule has 0 aromatic rings. The van der Waals surface area contributed by atoms with E-state index < -0.39 is 11.1 Å². The van der Waals surface area contributed by atoms with E-state index in [4.69, 9.17) is 4.74 Å². The van der Waals surface area contributed by atoms with Crippen LogP contribution in [0.2, 0.25) is 0 Å². The summed E-state index contributed by atoms with van der Waals surface area (Å²) in [4.78, 5) is 25.2. The van der Waals surface area contributed by atoms with Crippen LogP contribution in [0.1, 0.15) is 27.2 Å². The number of hydrogen-bond acceptors (Lipinski definition) is 3. The van der Waals surface area contributed by atoms with Gasteiger partial charge in [-0.1, -0.05) is 0 Å². The zero-order valence-corrected chi connectivity index (χ0v) is 9.29. The number of amides is 3. The van der Waals surface area contributed by atoms with Crippen LogP contribution in [0.5, 0.6) is 0 Å². The number of carbonyl (C=O) groups is 2. The molecule has 3 amide bonds. The van der Waals surface area contributed by atoms with Gasteiger partial charge in [-0.3, -0.25) is 9.69 Å². The second kappa shape index (κ2) is 2.95. The lowest BCUT2D eigenvalue weighted by atomic mass is 9.97. The molecule has 2 fully saturated rings. The molecule has 5 nitrogen and oxygen atoms in total. The summed E-state index contributed by atoms with van der Waals surface area (Å²) < 4.78 is 5.20. The molecular formula is C10H16N2O3. The van der Waals surface area contributed by atoms with Crippen molar-refractivity contribution >= 4 is 11.9 Å². The van der Waals surface area contributed by atoms with Crippen molar-refractivity contribution in [3.63, 3.8) is 0 Å². The van der Waals surface area contributed by atoms with E-state index in [1.807, 2.05) is 20.8 Å². The predicted molar refractivity (Wildman–Crippen MR) is 53.3 cm³/mol. The normalized spacial score (nSPS) is 31.5. The molecule has 2 rings (SSSR count). The molecule has 1 atom stereocenters. The van der Waals surface area contributed by atoms with Crippen LogP contribution in [0.3, 0.4) is 0 Å². The molecule has 2 heterocycles. The maximum atomic E-state index is 12.1. The second-order valence-corrected chi connectivity index (χ2v) is 5.13. The Hall–Kier alpha value is -1.10. The Morgan fingerprint density at radius 2 is 2.07 bits per heavy atom. The van der Waals surface area contributed by atoms with Crippen molar-refractivity contribution in [1.29, 1.82) is 0 Å². The van der Waals surface area contributed by atoms with Gasteiger partial charge in [0.25, 0.3) is 5.91 Å². The molecule has 2 aliphatic rings. The number of ether oxygens (including phenoxy) is 1. The summed E-state index contributed by atoms with van der Waals surface area (Å²) in [7, 11) is 0. The summed E-state index contributed by atoms with van der Waals surface area (Å²) in [5.74, 6) is -0.155. The molecule has 1 spiro atoms. The van der Waals surface area contributed by atoms with Crippen molar-refractivity contribution in [3.8, 4) is 0 Å². The zero-order chi connectivity index (χ0) is 11.3. The van der Waals surface area contributed by atoms with Gasteiger partial charge >= 0.3 is 6.03 Å². The highest BCUT2D eigenvalue weighted by atomic mass is 16.5. The zero-order valence-electron chi connectivity index (χ0n) is 9.29. The minimum Gasteiger partial charge on any atom is -0.378 e. The summed E-state index contributed by atoms with van der Waals surface area (Å²) >= 11 is 0. The Morgan fingerprint density at radius 3 is 2.47 bits per heavy atom. The average molecular weight is 212 g/mol. The van der Waals surface area contributed by atoms with Crippen molar-refractivity contribution in [1.82, 2.24) is 10.2 Å². The number of nitrogens with one attached hydrogen (secondary N) is 1. The van der Waals surface area contributed by atoms with Gasteiger partial charge in [0.2, 0.25) is 0 Å². The highest BCUT2D eigenvalue weighted by molar-refractivity contribution is 6.08. The van der Waals surface area contributed by atoms with Crippen molar-refractivity contribution < 1.29 is 14.3 Å². The summed E-state index contributed by atoms with van der Waals surface area (Å²) in [6.07, 6.45) is 0.574. The molecule has 15 heavy (non-hydrogen) atoms. The number of imide groups is 1. The fraction of sp³-hybridized carbons (Fsp3) is 0.800. The van der Waals surface area contributed by atoms with Crippen LogP contribution in [0.15, 0.2) is 0 Å². The van der Waals surface area contributed by atoms with Crippen LogP contribution in [0.25, 0.3) is 0 Å². The van der Waals surface area contributed by atoms with Crippen molar-refractivity contribution in [2.24, 2.45) is 0 Å². The average Bonchev–Trinajstić information content (AvgIpc) is 2.59. The molecule has 0 bridgehead atoms. The largest absolute Gasteiger partial charge is 0.378 e. The van der Waals surface area contributed by atoms with Gasteiger partial charge in [0, 0.05) is 18.6 Å². The first-order chi connectivity index (χ1) is 6.87. The molecule has 0 aromatic carbocycles. The number of nitrogens with zero attached hydrogens (tertiary/aromatic N) is 1. The van der Waals surface area contributed by atoms with Crippen LogP contribution in [0.4, 0.5) is 4.79 Å². The topological polar surface area (TPSA) is 58.6 Å². The molecule has 2 saturated heterocycles. The maximum absolute atomic E-state index is 12.1. The SMILES string of the molecule is CC(C)(C)N1C(=O)N[C@@]2(CCOC2)C1=O. The second-order valence-electron chi connectivity index (χ2n) is 5.13. The first kappa shape index (κ1) is 10.4. The van der Waals surface area contributed by atoms with Gasteiger partial charge in [0.15, 0.2) is 0 Å². The number of hydrogen-bond donors (Lipinski definition) is 1. The lowest BCUT2D eigenvalue weighted by molar-refractivity contribution is -0.134. The fourth-order valence-corrected chi connectivity index (χ4v) is 2.06. The first-order valence-electron chi connectivity index (χ1n) is 5.11. The van der Waals surface area contributed by atoms with Gasteiger partial charge in [0.1, 0.15) is 5.54 Å². The third-order valence-corrected chi connectivity index (χ3v) is 2.85. The van der Waals surface area contributed by atoms with E-state index in [2.05, 4.69) is 5.32 Å². The highest BCUT2D eigenvalue weighted by Gasteiger charge is 2.56. The molecule has 0 saturated carbocycles. The van der Waals surface area contributed by atoms with Gasteiger partial charge in [0.05, 0.1) is 6.61 Å². The van der Waals surface area contributed by atoms with Crippen LogP contribution in [-0.4, -0.2) is 41.1 Å². The number of rotatable bonds is 0. The summed E-state index contributed by atoms with van der Waals surface area (Å²) in [5, 5.41) is 2.75. The third-order valence-electron chi connectivity index (χ3n) is 2.85. The maximum Gasteiger partial charge on any atom is 0.325 e. The van der Waals surface area contributed by atoms with Crippen molar-refractivity contribution in [2.75, 3.05) is 13.2 Å². The standard InChI is InChI=1S/C10H16N2O3/c1-9(2,3)12-7(13)10(11-8(12)14)4-5-15-6-10/h4-6H2,1-3H3,(H,11,14)/t10-/m1/s1. The molecule has 1 N–H and O–H groups in total. The minimum atomic E-state index is -0.787. The summed E-state index contributed by atoms with van der Waals surface area (Å²) in [6, 6.07) is -0.307. The molecule has 0 radical (unpaired) electrons. The van der Waals surface area contributed by atoms with E-state index in [-0.39, 0.29) is 11.9 Å². The fourth-order valence-electron chi connectivity index (χ4n) is 2.06. The Labute approximate surface area is 88.8 Å². The monoisotopic (exact) mass is 212 g/mol. The van der Waals surface area contributed by atoms with Crippen molar-refractivity contribution in [2.45, 2.75) is 38.3 Å².